The monoisotopic (exact) mass is 525 g/mol. The van der Waals surface area contributed by atoms with Gasteiger partial charge in [0.15, 0.2) is 0 Å². The number of hydrogen-bond donors (Lipinski definition) is 2. The molecule has 1 heterocycles. The summed E-state index contributed by atoms with van der Waals surface area (Å²) in [5, 5.41) is 22.3. The number of rotatable bonds is 4. The zero-order valence-corrected chi connectivity index (χ0v) is 21.7. The molecule has 0 aromatic heterocycles. The van der Waals surface area contributed by atoms with Crippen molar-refractivity contribution in [2.24, 2.45) is 0 Å². The smallest absolute Gasteiger partial charge is 0.300 e. The molecule has 0 radical (unpaired) electrons. The van der Waals surface area contributed by atoms with Crippen LogP contribution in [0.5, 0.6) is 11.5 Å². The Bertz CT molecular complexity index is 1390. The van der Waals surface area contributed by atoms with E-state index in [1.807, 2.05) is 26.8 Å². The van der Waals surface area contributed by atoms with Crippen molar-refractivity contribution in [3.8, 4) is 11.5 Å². The second kappa shape index (κ2) is 9.52. The van der Waals surface area contributed by atoms with Gasteiger partial charge in [0.1, 0.15) is 17.3 Å². The lowest BCUT2D eigenvalue weighted by Crippen LogP contribution is -2.29. The summed E-state index contributed by atoms with van der Waals surface area (Å²) in [6.07, 6.45) is 0. The highest BCUT2D eigenvalue weighted by atomic mass is 35.5. The van der Waals surface area contributed by atoms with Gasteiger partial charge in [-0.05, 0) is 59.0 Å². The molecule has 1 fully saturated rings. The summed E-state index contributed by atoms with van der Waals surface area (Å²) < 4.78 is 5.48. The number of aromatic hydroxyl groups is 1. The first-order valence-electron chi connectivity index (χ1n) is 11.2. The molecule has 1 aliphatic rings. The Labute approximate surface area is 219 Å². The Morgan fingerprint density at radius 3 is 2.22 bits per heavy atom. The maximum absolute atomic E-state index is 13.4. The van der Waals surface area contributed by atoms with Crippen molar-refractivity contribution in [1.82, 2.24) is 0 Å². The van der Waals surface area contributed by atoms with Gasteiger partial charge in [0.05, 0.1) is 24.3 Å². The van der Waals surface area contributed by atoms with Crippen LogP contribution in [-0.2, 0) is 15.0 Å². The van der Waals surface area contributed by atoms with Crippen molar-refractivity contribution in [3.05, 3.63) is 93.0 Å². The van der Waals surface area contributed by atoms with Crippen molar-refractivity contribution in [1.29, 1.82) is 0 Å². The zero-order valence-electron chi connectivity index (χ0n) is 20.2. The third kappa shape index (κ3) is 4.66. The number of benzene rings is 3. The van der Waals surface area contributed by atoms with E-state index in [9.17, 15) is 19.8 Å². The van der Waals surface area contributed by atoms with Crippen molar-refractivity contribution in [2.45, 2.75) is 32.2 Å². The Morgan fingerprint density at radius 2 is 1.64 bits per heavy atom. The fourth-order valence-corrected chi connectivity index (χ4v) is 4.81. The lowest BCUT2D eigenvalue weighted by Gasteiger charge is -2.26. The molecule has 186 valence electrons. The van der Waals surface area contributed by atoms with E-state index in [1.54, 1.807) is 24.3 Å². The number of carbonyl (C=O) groups excluding carboxylic acids is 2. The molecule has 1 atom stereocenters. The van der Waals surface area contributed by atoms with Crippen LogP contribution in [0.3, 0.4) is 0 Å². The summed E-state index contributed by atoms with van der Waals surface area (Å²) >= 11 is 12.4. The number of halogens is 2. The summed E-state index contributed by atoms with van der Waals surface area (Å²) in [5.74, 6) is -1.86. The number of methoxy groups -OCH3 is 1. The Hall–Kier alpha value is -3.48. The minimum atomic E-state index is -1.06. The Morgan fingerprint density at radius 1 is 0.972 bits per heavy atom. The fraction of sp³-hybridized carbons (Fsp3) is 0.214. The predicted octanol–water partition coefficient (Wildman–Crippen LogP) is 6.63. The van der Waals surface area contributed by atoms with Gasteiger partial charge < -0.3 is 14.9 Å². The molecule has 6 nitrogen and oxygen atoms in total. The Balaban J connectivity index is 2.02. The van der Waals surface area contributed by atoms with Crippen molar-refractivity contribution < 1.29 is 24.5 Å². The Kier molecular flexibility index (Phi) is 6.78. The largest absolute Gasteiger partial charge is 0.508 e. The molecule has 1 amide bonds. The highest BCUT2D eigenvalue weighted by Crippen LogP contribution is 2.45. The lowest BCUT2D eigenvalue weighted by molar-refractivity contribution is -0.132. The number of hydrogen-bond acceptors (Lipinski definition) is 5. The average Bonchev–Trinajstić information content (AvgIpc) is 3.07. The maximum atomic E-state index is 13.4. The molecule has 4 rings (SSSR count). The van der Waals surface area contributed by atoms with E-state index in [1.165, 1.54) is 42.3 Å². The molecule has 1 unspecified atom stereocenters. The first kappa shape index (κ1) is 25.6. The number of phenolic OH excluding ortho intramolecular Hbond substituents is 1. The van der Waals surface area contributed by atoms with Crippen LogP contribution in [0.1, 0.15) is 43.5 Å². The summed E-state index contributed by atoms with van der Waals surface area (Å²) in [7, 11) is 1.46. The van der Waals surface area contributed by atoms with Crippen LogP contribution in [0.4, 0.5) is 5.69 Å². The van der Waals surface area contributed by atoms with Crippen LogP contribution in [0.2, 0.25) is 10.0 Å². The SMILES string of the molecule is COc1ccc(C(C)(C)C)cc1/C(O)=C1\C(=O)C(=O)N(c2cc(Cl)cc(Cl)c2)C1c1cccc(O)c1. The molecule has 8 heteroatoms. The zero-order chi connectivity index (χ0) is 26.4. The van der Waals surface area contributed by atoms with Gasteiger partial charge in [0.2, 0.25) is 0 Å². The molecule has 3 aromatic carbocycles. The van der Waals surface area contributed by atoms with Gasteiger partial charge in [0.25, 0.3) is 11.7 Å². The van der Waals surface area contributed by atoms with Crippen LogP contribution < -0.4 is 9.64 Å². The highest BCUT2D eigenvalue weighted by molar-refractivity contribution is 6.52. The number of phenols is 1. The topological polar surface area (TPSA) is 87.1 Å². The molecular formula is C28H25Cl2NO5. The third-order valence-electron chi connectivity index (χ3n) is 6.08. The second-order valence-electron chi connectivity index (χ2n) is 9.56. The van der Waals surface area contributed by atoms with Crippen molar-refractivity contribution >= 4 is 46.3 Å². The van der Waals surface area contributed by atoms with Gasteiger partial charge in [-0.1, -0.05) is 62.2 Å². The third-order valence-corrected chi connectivity index (χ3v) is 6.51. The fourth-order valence-electron chi connectivity index (χ4n) is 4.29. The summed E-state index contributed by atoms with van der Waals surface area (Å²) in [4.78, 5) is 28.0. The van der Waals surface area contributed by atoms with Gasteiger partial charge >= 0.3 is 0 Å². The van der Waals surface area contributed by atoms with Gasteiger partial charge in [-0.25, -0.2) is 0 Å². The summed E-state index contributed by atoms with van der Waals surface area (Å²) in [6, 6.07) is 15.0. The minimum Gasteiger partial charge on any atom is -0.508 e. The van der Waals surface area contributed by atoms with Gasteiger partial charge in [0, 0.05) is 15.7 Å². The van der Waals surface area contributed by atoms with Crippen molar-refractivity contribution in [2.75, 3.05) is 12.0 Å². The highest BCUT2D eigenvalue weighted by Gasteiger charge is 2.47. The van der Waals surface area contributed by atoms with Crippen LogP contribution in [0.25, 0.3) is 5.76 Å². The number of carbonyl (C=O) groups is 2. The van der Waals surface area contributed by atoms with E-state index in [0.29, 0.717) is 11.3 Å². The predicted molar refractivity (Wildman–Crippen MR) is 141 cm³/mol. The van der Waals surface area contributed by atoms with E-state index in [-0.39, 0.29) is 43.8 Å². The van der Waals surface area contributed by atoms with Gasteiger partial charge in [-0.15, -0.1) is 0 Å². The lowest BCUT2D eigenvalue weighted by atomic mass is 9.85. The summed E-state index contributed by atoms with van der Waals surface area (Å²) in [6.45, 7) is 6.06. The number of aliphatic hydroxyl groups is 1. The molecule has 36 heavy (non-hydrogen) atoms. The molecule has 2 N–H and O–H groups in total. The van der Waals surface area contributed by atoms with Crippen LogP contribution in [0, 0.1) is 0 Å². The average molecular weight is 526 g/mol. The molecule has 0 spiro atoms. The molecule has 0 saturated carbocycles. The van der Waals surface area contributed by atoms with Gasteiger partial charge in [-0.2, -0.15) is 0 Å². The number of anilines is 1. The molecular weight excluding hydrogens is 501 g/mol. The standard InChI is InChI=1S/C28H25Cl2NO5/c1-28(2,3)16-8-9-22(36-4)21(11-16)25(33)23-24(15-6-5-7-20(32)10-15)31(27(35)26(23)34)19-13-17(29)12-18(30)14-19/h5-14,24,32-33H,1-4H3/b25-23+. The molecule has 1 aliphatic heterocycles. The molecule has 1 saturated heterocycles. The van der Waals surface area contributed by atoms with Crippen molar-refractivity contribution in [3.63, 3.8) is 0 Å². The molecule has 0 aliphatic carbocycles. The molecule has 0 bridgehead atoms. The number of ketones is 1. The number of aliphatic hydroxyl groups excluding tert-OH is 1. The quantitative estimate of drug-likeness (QED) is 0.226. The number of ether oxygens (including phenoxy) is 1. The van der Waals surface area contributed by atoms with Crippen LogP contribution in [-0.4, -0.2) is 29.0 Å². The first-order chi connectivity index (χ1) is 16.9. The van der Waals surface area contributed by atoms with E-state index < -0.39 is 17.7 Å². The molecule has 3 aromatic rings. The minimum absolute atomic E-state index is 0.0606. The van der Waals surface area contributed by atoms with E-state index in [4.69, 9.17) is 27.9 Å². The van der Waals surface area contributed by atoms with E-state index in [0.717, 1.165) is 5.56 Å². The van der Waals surface area contributed by atoms with Crippen LogP contribution >= 0.6 is 23.2 Å². The van der Waals surface area contributed by atoms with E-state index in [2.05, 4.69) is 0 Å². The number of amides is 1. The summed E-state index contributed by atoms with van der Waals surface area (Å²) in [5.41, 5.74) is 1.46. The van der Waals surface area contributed by atoms with E-state index >= 15 is 0 Å². The normalized spacial score (nSPS) is 17.5. The first-order valence-corrected chi connectivity index (χ1v) is 11.9. The number of Topliss-reactive ketones (excluding diaryl/α,β-unsaturated/α-hetero) is 1. The maximum Gasteiger partial charge on any atom is 0.300 e. The van der Waals surface area contributed by atoms with Crippen LogP contribution in [0.15, 0.2) is 66.2 Å². The second-order valence-corrected chi connectivity index (χ2v) is 10.4. The van der Waals surface area contributed by atoms with Gasteiger partial charge in [-0.3, -0.25) is 14.5 Å². The number of nitrogens with zero attached hydrogens (tertiary/aromatic N) is 1.